The first-order valence-electron chi connectivity index (χ1n) is 7.25. The number of carbonyl (C=O) groups is 2. The van der Waals surface area contributed by atoms with Crippen molar-refractivity contribution in [2.45, 2.75) is 26.9 Å². The molecule has 1 amide bonds. The number of rotatable bonds is 4. The summed E-state index contributed by atoms with van der Waals surface area (Å²) in [5, 5.41) is 12.6. The van der Waals surface area contributed by atoms with E-state index in [1.807, 2.05) is 6.07 Å². The molecule has 2 aromatic rings. The minimum Gasteiger partial charge on any atom is -0.459 e. The number of amides is 1. The summed E-state index contributed by atoms with van der Waals surface area (Å²) in [6.07, 6.45) is -0.280. The van der Waals surface area contributed by atoms with Crippen LogP contribution < -0.4 is 5.32 Å². The summed E-state index contributed by atoms with van der Waals surface area (Å²) in [6, 6.07) is 6.91. The van der Waals surface area contributed by atoms with Crippen LogP contribution in [0, 0.1) is 18.3 Å². The Labute approximate surface area is 162 Å². The molecule has 0 atom stereocenters. The van der Waals surface area contributed by atoms with E-state index in [4.69, 9.17) is 16.3 Å². The topological polar surface area (TPSA) is 79.2 Å². The quantitative estimate of drug-likeness (QED) is 0.665. The van der Waals surface area contributed by atoms with E-state index in [0.29, 0.717) is 14.9 Å². The summed E-state index contributed by atoms with van der Waals surface area (Å²) in [5.41, 5.74) is 0.978. The van der Waals surface area contributed by atoms with Crippen LogP contribution in [-0.2, 0) is 4.74 Å². The van der Waals surface area contributed by atoms with Crippen molar-refractivity contribution in [2.75, 3.05) is 5.32 Å². The minimum absolute atomic E-state index is 0.236. The van der Waals surface area contributed by atoms with Crippen molar-refractivity contribution in [1.29, 1.82) is 5.26 Å². The van der Waals surface area contributed by atoms with Gasteiger partial charge in [0.05, 0.1) is 22.3 Å². The van der Waals surface area contributed by atoms with Crippen LogP contribution in [0.15, 0.2) is 22.7 Å². The third-order valence-corrected chi connectivity index (χ3v) is 5.20. The zero-order valence-corrected chi connectivity index (χ0v) is 16.8. The highest BCUT2D eigenvalue weighted by molar-refractivity contribution is 9.10. The Kier molecular flexibility index (Phi) is 6.22. The second kappa shape index (κ2) is 8.00. The van der Waals surface area contributed by atoms with Crippen molar-refractivity contribution in [3.8, 4) is 6.07 Å². The molecule has 25 heavy (non-hydrogen) atoms. The Morgan fingerprint density at radius 1 is 1.40 bits per heavy atom. The molecule has 0 spiro atoms. The van der Waals surface area contributed by atoms with Gasteiger partial charge in [-0.1, -0.05) is 27.5 Å². The highest BCUT2D eigenvalue weighted by Gasteiger charge is 2.23. The molecular weight excluding hydrogens is 428 g/mol. The lowest BCUT2D eigenvalue weighted by molar-refractivity contribution is 0.0383. The molecule has 2 rings (SSSR count). The van der Waals surface area contributed by atoms with Gasteiger partial charge in [-0.2, -0.15) is 5.26 Å². The van der Waals surface area contributed by atoms with Crippen molar-refractivity contribution in [1.82, 2.24) is 0 Å². The zero-order chi connectivity index (χ0) is 18.7. The lowest BCUT2D eigenvalue weighted by Crippen LogP contribution is -2.12. The van der Waals surface area contributed by atoms with Gasteiger partial charge in [-0.3, -0.25) is 4.79 Å². The number of halogens is 2. The van der Waals surface area contributed by atoms with Crippen LogP contribution in [0.25, 0.3) is 0 Å². The van der Waals surface area contributed by atoms with Gasteiger partial charge in [0.1, 0.15) is 15.9 Å². The molecule has 0 unspecified atom stereocenters. The van der Waals surface area contributed by atoms with Gasteiger partial charge in [0.2, 0.25) is 0 Å². The van der Waals surface area contributed by atoms with E-state index in [1.54, 1.807) is 39.0 Å². The summed E-state index contributed by atoms with van der Waals surface area (Å²) >= 11 is 10.4. The first-order valence-corrected chi connectivity index (χ1v) is 9.24. The largest absolute Gasteiger partial charge is 0.459 e. The predicted octanol–water partition coefficient (Wildman–Crippen LogP) is 5.16. The predicted molar refractivity (Wildman–Crippen MR) is 101 cm³/mol. The fourth-order valence-electron chi connectivity index (χ4n) is 2.04. The Morgan fingerprint density at radius 3 is 2.68 bits per heavy atom. The number of carbonyl (C=O) groups excluding carboxylic acids is 2. The first-order chi connectivity index (χ1) is 11.7. The summed E-state index contributed by atoms with van der Waals surface area (Å²) < 4.78 is 5.88. The molecule has 1 aromatic heterocycles. The summed E-state index contributed by atoms with van der Waals surface area (Å²) in [6.45, 7) is 5.13. The first kappa shape index (κ1) is 19.4. The second-order valence-electron chi connectivity index (χ2n) is 5.40. The number of nitrogens with zero attached hydrogens (tertiary/aromatic N) is 1. The third kappa shape index (κ3) is 4.40. The van der Waals surface area contributed by atoms with E-state index < -0.39 is 11.9 Å². The van der Waals surface area contributed by atoms with Gasteiger partial charge in [-0.15, -0.1) is 11.3 Å². The molecule has 0 aliphatic heterocycles. The van der Waals surface area contributed by atoms with E-state index in [2.05, 4.69) is 21.2 Å². The summed E-state index contributed by atoms with van der Waals surface area (Å²) in [7, 11) is 0. The van der Waals surface area contributed by atoms with Crippen LogP contribution >= 0.6 is 38.9 Å². The van der Waals surface area contributed by atoms with Crippen LogP contribution in [0.1, 0.15) is 45.0 Å². The summed E-state index contributed by atoms with van der Waals surface area (Å²) in [5.74, 6) is -0.984. The number of ether oxygens (including phenoxy) is 1. The average molecular weight is 442 g/mol. The highest BCUT2D eigenvalue weighted by Crippen LogP contribution is 2.34. The Bertz CT molecular complexity index is 887. The van der Waals surface area contributed by atoms with Crippen LogP contribution in [0.4, 0.5) is 5.00 Å². The maximum atomic E-state index is 12.5. The monoisotopic (exact) mass is 440 g/mol. The molecule has 0 saturated heterocycles. The lowest BCUT2D eigenvalue weighted by Gasteiger charge is -2.06. The van der Waals surface area contributed by atoms with Crippen molar-refractivity contribution in [3.05, 3.63) is 49.3 Å². The molecule has 1 aromatic carbocycles. The Morgan fingerprint density at radius 2 is 2.08 bits per heavy atom. The number of anilines is 1. The van der Waals surface area contributed by atoms with Gasteiger partial charge in [-0.05, 0) is 44.5 Å². The average Bonchev–Trinajstić information content (AvgIpc) is 2.84. The molecule has 8 heteroatoms. The smallest absolute Gasteiger partial charge is 0.348 e. The normalized spacial score (nSPS) is 10.4. The van der Waals surface area contributed by atoms with Gasteiger partial charge in [-0.25, -0.2) is 4.79 Å². The lowest BCUT2D eigenvalue weighted by atomic mass is 10.1. The van der Waals surface area contributed by atoms with Crippen molar-refractivity contribution in [2.24, 2.45) is 0 Å². The second-order valence-corrected chi connectivity index (χ2v) is 7.75. The van der Waals surface area contributed by atoms with Crippen LogP contribution in [-0.4, -0.2) is 18.0 Å². The van der Waals surface area contributed by atoms with Gasteiger partial charge < -0.3 is 10.1 Å². The molecule has 0 radical (unpaired) electrons. The molecule has 0 fully saturated rings. The molecule has 0 bridgehead atoms. The molecule has 5 nitrogen and oxygen atoms in total. The number of benzene rings is 1. The van der Waals surface area contributed by atoms with Crippen molar-refractivity contribution < 1.29 is 14.3 Å². The van der Waals surface area contributed by atoms with E-state index in [0.717, 1.165) is 11.3 Å². The SMILES string of the molecule is Cc1c(C(=O)OC(C)C)sc(NC(=O)c2cc(Br)ccc2Cl)c1C#N. The number of esters is 1. The van der Waals surface area contributed by atoms with Gasteiger partial charge in [0.25, 0.3) is 5.91 Å². The van der Waals surface area contributed by atoms with E-state index >= 15 is 0 Å². The third-order valence-electron chi connectivity index (χ3n) is 3.19. The fourth-order valence-corrected chi connectivity index (χ4v) is 3.64. The highest BCUT2D eigenvalue weighted by atomic mass is 79.9. The number of thiophene rings is 1. The summed E-state index contributed by atoms with van der Waals surface area (Å²) in [4.78, 5) is 24.9. The molecule has 0 aliphatic rings. The molecule has 1 heterocycles. The molecule has 0 saturated carbocycles. The number of nitrogens with one attached hydrogen (secondary N) is 1. The molecular formula is C17H14BrClN2O3S. The number of nitriles is 1. The molecule has 130 valence electrons. The van der Waals surface area contributed by atoms with E-state index in [9.17, 15) is 14.9 Å². The van der Waals surface area contributed by atoms with Crippen molar-refractivity contribution >= 4 is 55.7 Å². The zero-order valence-electron chi connectivity index (χ0n) is 13.6. The molecule has 1 N–H and O–H groups in total. The van der Waals surface area contributed by atoms with E-state index in [1.165, 1.54) is 0 Å². The Hall–Kier alpha value is -1.88. The fraction of sp³-hybridized carbons (Fsp3) is 0.235. The van der Waals surface area contributed by atoms with Gasteiger partial charge in [0, 0.05) is 4.47 Å². The van der Waals surface area contributed by atoms with E-state index in [-0.39, 0.29) is 27.3 Å². The maximum Gasteiger partial charge on any atom is 0.348 e. The van der Waals surface area contributed by atoms with Crippen molar-refractivity contribution in [3.63, 3.8) is 0 Å². The number of hydrogen-bond donors (Lipinski definition) is 1. The minimum atomic E-state index is -0.519. The standard InChI is InChI=1S/C17H14BrClN2O3S/c1-8(2)24-17(23)14-9(3)12(7-20)16(25-14)21-15(22)11-6-10(18)4-5-13(11)19/h4-6,8H,1-3H3,(H,21,22). The maximum absolute atomic E-state index is 12.5. The van der Waals surface area contributed by atoms with Crippen LogP contribution in [0.2, 0.25) is 5.02 Å². The Balaban J connectivity index is 2.36. The van der Waals surface area contributed by atoms with Crippen LogP contribution in [0.5, 0.6) is 0 Å². The van der Waals surface area contributed by atoms with Crippen LogP contribution in [0.3, 0.4) is 0 Å². The number of hydrogen-bond acceptors (Lipinski definition) is 5. The van der Waals surface area contributed by atoms with Gasteiger partial charge >= 0.3 is 5.97 Å². The van der Waals surface area contributed by atoms with Gasteiger partial charge in [0.15, 0.2) is 0 Å². The molecule has 0 aliphatic carbocycles.